The first-order valence-corrected chi connectivity index (χ1v) is 24.8. The van der Waals surface area contributed by atoms with Crippen molar-refractivity contribution in [2.45, 2.75) is 105 Å². The molecule has 13 rings (SSSR count). The Labute approximate surface area is 432 Å². The predicted octanol–water partition coefficient (Wildman–Crippen LogP) is 16.9. The third-order valence-corrected chi connectivity index (χ3v) is 15.3. The summed E-state index contributed by atoms with van der Waals surface area (Å²) in [5.41, 5.74) is 14.1. The van der Waals surface area contributed by atoms with Gasteiger partial charge in [-0.1, -0.05) is 168 Å². The van der Waals surface area contributed by atoms with Crippen LogP contribution in [-0.4, -0.2) is 15.9 Å². The van der Waals surface area contributed by atoms with E-state index in [9.17, 15) is 2.74 Å². The standard InChI is InChI=1S/C66H62BN3O/c1-63(2,3)41-24-28-46(29-25-41)69-55-37-44(66(10,11)12)36-48-50-38-49-47-34-42(64(4,5)6)26-30-53(47)68(45-21-17-14-18-22-45)59(49)57-51-35-43(65(7,8)9)27-31-54(51)70(60(50)57)67(58(48)55)62-61(69)52-33-40(23-32-56(52)71-62)39-19-15-13-16-20-39/h13-38H,1-12H3/i13D,14D,15D,16D,17D,18D,19D,20D,21D,22D. The van der Waals surface area contributed by atoms with E-state index in [1.807, 2.05) is 22.8 Å². The Kier molecular flexibility index (Phi) is 7.06. The van der Waals surface area contributed by atoms with Gasteiger partial charge in [-0.25, -0.2) is 0 Å². The maximum absolute atomic E-state index is 9.58. The van der Waals surface area contributed by atoms with Crippen molar-refractivity contribution in [3.63, 3.8) is 0 Å². The Morgan fingerprint density at radius 1 is 0.465 bits per heavy atom. The summed E-state index contributed by atoms with van der Waals surface area (Å²) in [5.74, 6) is 0. The second-order valence-electron chi connectivity index (χ2n) is 24.0. The molecule has 0 amide bonds. The van der Waals surface area contributed by atoms with Crippen LogP contribution in [0, 0.1) is 0 Å². The molecule has 3 aromatic heterocycles. The molecule has 0 atom stereocenters. The lowest BCUT2D eigenvalue weighted by atomic mass is 9.47. The Morgan fingerprint density at radius 2 is 1.07 bits per heavy atom. The summed E-state index contributed by atoms with van der Waals surface area (Å²) in [6.45, 7) is 25.8. The first kappa shape index (κ1) is 34.2. The number of furan rings is 1. The number of anilines is 3. The number of aromatic nitrogens is 2. The molecule has 0 radical (unpaired) electrons. The van der Waals surface area contributed by atoms with Crippen LogP contribution in [0.4, 0.5) is 17.1 Å². The second-order valence-corrected chi connectivity index (χ2v) is 24.0. The van der Waals surface area contributed by atoms with Gasteiger partial charge in [0.1, 0.15) is 11.2 Å². The number of hydrogen-bond donors (Lipinski definition) is 0. The molecule has 0 fully saturated rings. The van der Waals surface area contributed by atoms with Crippen molar-refractivity contribution in [3.05, 3.63) is 180 Å². The minimum Gasteiger partial charge on any atom is -0.466 e. The van der Waals surface area contributed by atoms with E-state index in [1.54, 1.807) is 6.07 Å². The summed E-state index contributed by atoms with van der Waals surface area (Å²) in [4.78, 5) is 2.30. The van der Waals surface area contributed by atoms with Crippen molar-refractivity contribution in [3.8, 4) is 27.9 Å². The van der Waals surface area contributed by atoms with Crippen molar-refractivity contribution in [2.24, 2.45) is 0 Å². The largest absolute Gasteiger partial charge is 0.466 e. The van der Waals surface area contributed by atoms with Gasteiger partial charge in [-0.15, -0.1) is 0 Å². The molecule has 0 unspecified atom stereocenters. The Morgan fingerprint density at radius 3 is 1.72 bits per heavy atom. The lowest BCUT2D eigenvalue weighted by Gasteiger charge is -2.39. The van der Waals surface area contributed by atoms with E-state index < -0.39 is 43.1 Å². The SMILES string of the molecule is [2H]c1c([2H])c([2H])c(-c2ccc3oc4c(c3c2)N(c2ccc(C(C)(C)C)cc2)c2cc(C(C)(C)C)cc3c2B4n2c4ccc(C(C)(C)C)cc4c4c2c-3cc2c3cc(C(C)(C)C)ccc3n(-c3c([2H])c([2H])c([2H])c([2H])c3[2H])c24)c([2H])c1[2H]. The van der Waals surface area contributed by atoms with Crippen LogP contribution in [0.2, 0.25) is 0 Å². The van der Waals surface area contributed by atoms with Crippen LogP contribution in [-0.2, 0) is 21.7 Å². The fraction of sp³-hybridized carbons (Fsp3) is 0.242. The summed E-state index contributed by atoms with van der Waals surface area (Å²) in [7, 11) is 0. The number of para-hydroxylation sites is 1. The van der Waals surface area contributed by atoms with E-state index in [0.29, 0.717) is 27.7 Å². The fourth-order valence-electron chi connectivity index (χ4n) is 11.4. The molecule has 0 spiro atoms. The highest BCUT2D eigenvalue weighted by atomic mass is 16.3. The van der Waals surface area contributed by atoms with Crippen LogP contribution in [0.3, 0.4) is 0 Å². The molecule has 11 aromatic rings. The quantitative estimate of drug-likeness (QED) is 0.165. The number of nitrogens with zero attached hydrogens (tertiary/aromatic N) is 3. The van der Waals surface area contributed by atoms with Gasteiger partial charge in [-0.3, -0.25) is 0 Å². The third kappa shape index (κ3) is 6.44. The van der Waals surface area contributed by atoms with Gasteiger partial charge in [0.15, 0.2) is 0 Å². The average molecular weight is 934 g/mol. The van der Waals surface area contributed by atoms with E-state index in [-0.39, 0.29) is 57.1 Å². The van der Waals surface area contributed by atoms with Crippen LogP contribution in [0.5, 0.6) is 0 Å². The molecule has 0 aliphatic carbocycles. The summed E-state index contributed by atoms with van der Waals surface area (Å²) >= 11 is 0. The smallest absolute Gasteiger partial charge is 0.375 e. The molecular weight excluding hydrogens is 862 g/mol. The monoisotopic (exact) mass is 934 g/mol. The normalized spacial score (nSPS) is 15.8. The molecule has 0 N–H and O–H groups in total. The number of benzene rings is 8. The lowest BCUT2D eigenvalue weighted by Crippen LogP contribution is -2.56. The second kappa shape index (κ2) is 14.7. The van der Waals surface area contributed by atoms with Gasteiger partial charge in [0.05, 0.1) is 30.4 Å². The van der Waals surface area contributed by atoms with E-state index in [0.717, 1.165) is 88.4 Å². The molecule has 71 heavy (non-hydrogen) atoms. The molecule has 5 heteroatoms. The van der Waals surface area contributed by atoms with Gasteiger partial charge >= 0.3 is 6.85 Å². The van der Waals surface area contributed by atoms with Crippen molar-refractivity contribution in [2.75, 3.05) is 4.90 Å². The van der Waals surface area contributed by atoms with Gasteiger partial charge < -0.3 is 18.4 Å². The van der Waals surface area contributed by atoms with Crippen LogP contribution >= 0.6 is 0 Å². The van der Waals surface area contributed by atoms with Crippen molar-refractivity contribution in [1.82, 2.24) is 9.05 Å². The summed E-state index contributed by atoms with van der Waals surface area (Å²) in [5, 5.41) is 4.28. The summed E-state index contributed by atoms with van der Waals surface area (Å²) in [6, 6.07) is 30.4. The molecule has 2 aliphatic heterocycles. The third-order valence-electron chi connectivity index (χ3n) is 15.3. The van der Waals surface area contributed by atoms with Gasteiger partial charge in [0.25, 0.3) is 0 Å². The molecule has 0 saturated carbocycles. The Bertz CT molecular complexity index is 4580. The summed E-state index contributed by atoms with van der Waals surface area (Å²) in [6.07, 6.45) is 0. The predicted molar refractivity (Wildman–Crippen MR) is 304 cm³/mol. The maximum atomic E-state index is 9.58. The Hall–Kier alpha value is -7.24. The zero-order valence-corrected chi connectivity index (χ0v) is 42.6. The van der Waals surface area contributed by atoms with Crippen molar-refractivity contribution in [1.29, 1.82) is 0 Å². The fourth-order valence-corrected chi connectivity index (χ4v) is 11.4. The van der Waals surface area contributed by atoms with E-state index in [4.69, 9.17) is 15.4 Å². The lowest BCUT2D eigenvalue weighted by molar-refractivity contribution is 0.590. The summed E-state index contributed by atoms with van der Waals surface area (Å²) < 4.78 is 102. The van der Waals surface area contributed by atoms with Crippen LogP contribution in [0.15, 0.2) is 162 Å². The highest BCUT2D eigenvalue weighted by Crippen LogP contribution is 2.52. The number of hydrogen-bond acceptors (Lipinski definition) is 2. The highest BCUT2D eigenvalue weighted by molar-refractivity contribution is 6.89. The maximum Gasteiger partial charge on any atom is 0.375 e. The number of rotatable bonds is 3. The average Bonchev–Trinajstić information content (AvgIpc) is 4.30. The van der Waals surface area contributed by atoms with Gasteiger partial charge in [-0.05, 0) is 139 Å². The van der Waals surface area contributed by atoms with Crippen molar-refractivity contribution >= 4 is 89.6 Å². The zero-order valence-electron chi connectivity index (χ0n) is 52.6. The first-order valence-electron chi connectivity index (χ1n) is 29.8. The minimum absolute atomic E-state index is 0.0708. The molecule has 0 bridgehead atoms. The number of fused-ring (bicyclic) bond motifs is 13. The molecular formula is C66H62BN3O. The zero-order chi connectivity index (χ0) is 58.0. The minimum atomic E-state index is -0.600. The molecule has 2 aliphatic rings. The van der Waals surface area contributed by atoms with E-state index in [2.05, 4.69) is 165 Å². The molecule has 4 nitrogen and oxygen atoms in total. The van der Waals surface area contributed by atoms with E-state index >= 15 is 0 Å². The van der Waals surface area contributed by atoms with Gasteiger partial charge in [0.2, 0.25) is 0 Å². The molecule has 5 heterocycles. The van der Waals surface area contributed by atoms with Gasteiger partial charge in [-0.2, -0.15) is 0 Å². The molecule has 350 valence electrons. The van der Waals surface area contributed by atoms with Crippen LogP contribution < -0.4 is 16.0 Å². The van der Waals surface area contributed by atoms with Crippen molar-refractivity contribution < 1.29 is 18.1 Å². The topological polar surface area (TPSA) is 26.2 Å². The van der Waals surface area contributed by atoms with Crippen LogP contribution in [0.1, 0.15) is 119 Å². The molecule has 8 aromatic carbocycles. The molecule has 0 saturated heterocycles. The Balaban J connectivity index is 1.26. The van der Waals surface area contributed by atoms with E-state index in [1.165, 1.54) is 5.56 Å². The first-order chi connectivity index (χ1) is 37.9. The highest BCUT2D eigenvalue weighted by Gasteiger charge is 2.47. The van der Waals surface area contributed by atoms with Crippen LogP contribution in [0.25, 0.3) is 82.5 Å². The van der Waals surface area contributed by atoms with Gasteiger partial charge in [0, 0.05) is 60.6 Å².